The van der Waals surface area contributed by atoms with Crippen molar-refractivity contribution in [1.82, 2.24) is 4.98 Å². The van der Waals surface area contributed by atoms with Crippen LogP contribution in [0.15, 0.2) is 18.2 Å². The second-order valence-electron chi connectivity index (χ2n) is 4.21. The summed E-state index contributed by atoms with van der Waals surface area (Å²) in [5.41, 5.74) is 1.63. The first-order valence-corrected chi connectivity index (χ1v) is 7.29. The molecular formula is C15H17NO4S. The molecule has 1 aromatic carbocycles. The van der Waals surface area contributed by atoms with Gasteiger partial charge in [0.2, 0.25) is 5.01 Å². The van der Waals surface area contributed by atoms with E-state index < -0.39 is 5.97 Å². The Balaban J connectivity index is 2.40. The second-order valence-corrected chi connectivity index (χ2v) is 5.42. The zero-order valence-corrected chi connectivity index (χ0v) is 13.2. The number of thiazole rings is 1. The number of aromatic nitrogens is 1. The van der Waals surface area contributed by atoms with Crippen LogP contribution < -0.4 is 9.47 Å². The van der Waals surface area contributed by atoms with Crippen molar-refractivity contribution < 1.29 is 19.0 Å². The molecule has 112 valence electrons. The molecule has 0 saturated carbocycles. The van der Waals surface area contributed by atoms with E-state index in [4.69, 9.17) is 14.2 Å². The fourth-order valence-corrected chi connectivity index (χ4v) is 2.76. The van der Waals surface area contributed by atoms with E-state index in [1.54, 1.807) is 21.1 Å². The predicted octanol–water partition coefficient (Wildman–Crippen LogP) is 3.31. The molecule has 0 aliphatic rings. The number of benzene rings is 1. The van der Waals surface area contributed by atoms with Gasteiger partial charge in [-0.1, -0.05) is 0 Å². The van der Waals surface area contributed by atoms with Crippen LogP contribution in [0, 0.1) is 6.92 Å². The number of aryl methyl sites for hydroxylation is 1. The molecule has 6 heteroatoms. The molecule has 0 bridgehead atoms. The van der Waals surface area contributed by atoms with E-state index in [0.29, 0.717) is 23.1 Å². The van der Waals surface area contributed by atoms with Gasteiger partial charge in [-0.05, 0) is 32.0 Å². The third-order valence-electron chi connectivity index (χ3n) is 2.90. The van der Waals surface area contributed by atoms with Gasteiger partial charge in [-0.2, -0.15) is 0 Å². The van der Waals surface area contributed by atoms with E-state index in [2.05, 4.69) is 4.98 Å². The van der Waals surface area contributed by atoms with Gasteiger partial charge in [0.25, 0.3) is 0 Å². The molecule has 0 amide bonds. The van der Waals surface area contributed by atoms with Crippen molar-refractivity contribution in [2.45, 2.75) is 13.8 Å². The standard InChI is InChI=1S/C15H17NO4S/c1-5-20-15(17)14-16-13(9(2)21-14)10-6-7-11(18-3)12(8-10)19-4/h6-8H,5H2,1-4H3. The van der Waals surface area contributed by atoms with Gasteiger partial charge in [-0.25, -0.2) is 9.78 Å². The minimum atomic E-state index is -0.391. The third-order valence-corrected chi connectivity index (χ3v) is 3.85. The van der Waals surface area contributed by atoms with Crippen LogP contribution in [0.25, 0.3) is 11.3 Å². The van der Waals surface area contributed by atoms with Gasteiger partial charge in [0.15, 0.2) is 11.5 Å². The van der Waals surface area contributed by atoms with Gasteiger partial charge in [0.05, 0.1) is 26.5 Å². The Morgan fingerprint density at radius 3 is 2.57 bits per heavy atom. The summed E-state index contributed by atoms with van der Waals surface area (Å²) in [5, 5.41) is 0.360. The molecule has 2 aromatic rings. The average molecular weight is 307 g/mol. The van der Waals surface area contributed by atoms with Crippen molar-refractivity contribution in [3.05, 3.63) is 28.1 Å². The smallest absolute Gasteiger partial charge is 0.367 e. The summed E-state index contributed by atoms with van der Waals surface area (Å²) >= 11 is 1.32. The normalized spacial score (nSPS) is 10.3. The first-order valence-electron chi connectivity index (χ1n) is 6.47. The molecule has 0 aliphatic carbocycles. The van der Waals surface area contributed by atoms with E-state index in [1.165, 1.54) is 11.3 Å². The van der Waals surface area contributed by atoms with Crippen molar-refractivity contribution in [2.75, 3.05) is 20.8 Å². The molecule has 0 fully saturated rings. The lowest BCUT2D eigenvalue weighted by atomic mass is 10.1. The molecule has 0 unspecified atom stereocenters. The lowest BCUT2D eigenvalue weighted by Crippen LogP contribution is -2.03. The Morgan fingerprint density at radius 2 is 1.95 bits per heavy atom. The summed E-state index contributed by atoms with van der Waals surface area (Å²) in [6.07, 6.45) is 0. The number of hydrogen-bond acceptors (Lipinski definition) is 6. The maximum Gasteiger partial charge on any atom is 0.367 e. The van der Waals surface area contributed by atoms with E-state index in [9.17, 15) is 4.79 Å². The number of nitrogens with zero attached hydrogens (tertiary/aromatic N) is 1. The zero-order chi connectivity index (χ0) is 15.4. The SMILES string of the molecule is CCOC(=O)c1nc(-c2ccc(OC)c(OC)c2)c(C)s1. The van der Waals surface area contributed by atoms with Crippen molar-refractivity contribution in [3.63, 3.8) is 0 Å². The maximum absolute atomic E-state index is 11.7. The molecule has 1 heterocycles. The van der Waals surface area contributed by atoms with Crippen molar-refractivity contribution in [3.8, 4) is 22.8 Å². The van der Waals surface area contributed by atoms with Crippen LogP contribution in [0.5, 0.6) is 11.5 Å². The fraction of sp³-hybridized carbons (Fsp3) is 0.333. The van der Waals surface area contributed by atoms with Crippen molar-refractivity contribution in [1.29, 1.82) is 0 Å². The average Bonchev–Trinajstić information content (AvgIpc) is 2.89. The molecule has 0 saturated heterocycles. The number of esters is 1. The Kier molecular flexibility index (Phi) is 4.80. The molecular weight excluding hydrogens is 290 g/mol. The molecule has 0 atom stereocenters. The van der Waals surface area contributed by atoms with Crippen LogP contribution in [-0.2, 0) is 4.74 Å². The zero-order valence-electron chi connectivity index (χ0n) is 12.4. The predicted molar refractivity (Wildman–Crippen MR) is 81.3 cm³/mol. The number of rotatable bonds is 5. The maximum atomic E-state index is 11.7. The highest BCUT2D eigenvalue weighted by Gasteiger charge is 2.17. The summed E-state index contributed by atoms with van der Waals surface area (Å²) in [4.78, 5) is 17.1. The first-order chi connectivity index (χ1) is 10.1. The van der Waals surface area contributed by atoms with Crippen molar-refractivity contribution >= 4 is 17.3 Å². The largest absolute Gasteiger partial charge is 0.493 e. The lowest BCUT2D eigenvalue weighted by Gasteiger charge is -2.08. The Morgan fingerprint density at radius 1 is 1.24 bits per heavy atom. The van der Waals surface area contributed by atoms with E-state index in [-0.39, 0.29) is 0 Å². The fourth-order valence-electron chi connectivity index (χ4n) is 1.93. The lowest BCUT2D eigenvalue weighted by molar-refractivity contribution is 0.0526. The highest BCUT2D eigenvalue weighted by Crippen LogP contribution is 2.34. The van der Waals surface area contributed by atoms with E-state index in [1.807, 2.05) is 25.1 Å². The molecule has 21 heavy (non-hydrogen) atoms. The Labute approximate surface area is 127 Å². The van der Waals surface area contributed by atoms with Gasteiger partial charge in [-0.3, -0.25) is 0 Å². The van der Waals surface area contributed by atoms with Crippen LogP contribution in [0.1, 0.15) is 21.6 Å². The van der Waals surface area contributed by atoms with Gasteiger partial charge < -0.3 is 14.2 Å². The minimum absolute atomic E-state index is 0.336. The number of ether oxygens (including phenoxy) is 3. The van der Waals surface area contributed by atoms with Crippen LogP contribution in [-0.4, -0.2) is 31.8 Å². The second kappa shape index (κ2) is 6.58. The van der Waals surface area contributed by atoms with Crippen LogP contribution >= 0.6 is 11.3 Å². The quantitative estimate of drug-likeness (QED) is 0.793. The highest BCUT2D eigenvalue weighted by atomic mass is 32.1. The van der Waals surface area contributed by atoms with Crippen LogP contribution in [0.4, 0.5) is 0 Å². The minimum Gasteiger partial charge on any atom is -0.493 e. The molecule has 0 N–H and O–H groups in total. The molecule has 0 aliphatic heterocycles. The van der Waals surface area contributed by atoms with Crippen molar-refractivity contribution in [2.24, 2.45) is 0 Å². The summed E-state index contributed by atoms with van der Waals surface area (Å²) in [7, 11) is 3.17. The summed E-state index contributed by atoms with van der Waals surface area (Å²) < 4.78 is 15.5. The number of carbonyl (C=O) groups excluding carboxylic acids is 1. The summed E-state index contributed by atoms with van der Waals surface area (Å²) in [6.45, 7) is 4.03. The van der Waals surface area contributed by atoms with E-state index >= 15 is 0 Å². The number of methoxy groups -OCH3 is 2. The van der Waals surface area contributed by atoms with Gasteiger partial charge in [-0.15, -0.1) is 11.3 Å². The Bertz CT molecular complexity index is 651. The molecule has 0 radical (unpaired) electrons. The van der Waals surface area contributed by atoms with Gasteiger partial charge >= 0.3 is 5.97 Å². The van der Waals surface area contributed by atoms with Crippen LogP contribution in [0.3, 0.4) is 0 Å². The third kappa shape index (κ3) is 3.16. The first kappa shape index (κ1) is 15.3. The summed E-state index contributed by atoms with van der Waals surface area (Å²) in [5.74, 6) is 0.886. The van der Waals surface area contributed by atoms with E-state index in [0.717, 1.165) is 16.1 Å². The highest BCUT2D eigenvalue weighted by molar-refractivity contribution is 7.13. The molecule has 2 rings (SSSR count). The number of carbonyl (C=O) groups is 1. The summed E-state index contributed by atoms with van der Waals surface area (Å²) in [6, 6.07) is 5.55. The number of hydrogen-bond donors (Lipinski definition) is 0. The topological polar surface area (TPSA) is 57.7 Å². The van der Waals surface area contributed by atoms with Gasteiger partial charge in [0.1, 0.15) is 0 Å². The molecule has 1 aromatic heterocycles. The monoisotopic (exact) mass is 307 g/mol. The van der Waals surface area contributed by atoms with Gasteiger partial charge in [0, 0.05) is 10.4 Å². The molecule has 5 nitrogen and oxygen atoms in total. The van der Waals surface area contributed by atoms with Crippen LogP contribution in [0.2, 0.25) is 0 Å². The molecule has 0 spiro atoms. The Hall–Kier alpha value is -2.08.